The molecule has 0 radical (unpaired) electrons. The number of carbonyl (C=O) groups is 2. The van der Waals surface area contributed by atoms with Gasteiger partial charge >= 0.3 is 12.0 Å². The van der Waals surface area contributed by atoms with Crippen LogP contribution >= 0.6 is 11.3 Å². The van der Waals surface area contributed by atoms with Crippen LogP contribution < -0.4 is 5.32 Å². The van der Waals surface area contributed by atoms with Crippen molar-refractivity contribution in [1.82, 2.24) is 10.2 Å². The molecule has 1 atom stereocenters. The number of hydrogen-bond donors (Lipinski definition) is 2. The van der Waals surface area contributed by atoms with Gasteiger partial charge < -0.3 is 15.3 Å². The smallest absolute Gasteiger partial charge is 0.326 e. The van der Waals surface area contributed by atoms with E-state index in [1.54, 1.807) is 18.4 Å². The van der Waals surface area contributed by atoms with Crippen molar-refractivity contribution in [2.75, 3.05) is 7.05 Å². The maximum atomic E-state index is 12.2. The van der Waals surface area contributed by atoms with Crippen molar-refractivity contribution in [3.8, 4) is 0 Å². The van der Waals surface area contributed by atoms with Gasteiger partial charge in [0.2, 0.25) is 0 Å². The minimum absolute atomic E-state index is 0.0507. The van der Waals surface area contributed by atoms with Gasteiger partial charge in [0.15, 0.2) is 0 Å². The van der Waals surface area contributed by atoms with E-state index in [1.165, 1.54) is 4.90 Å². The molecule has 1 aromatic rings. The second-order valence-electron chi connectivity index (χ2n) is 5.65. The number of nitrogens with zero attached hydrogens (tertiary/aromatic N) is 1. The fourth-order valence-corrected chi connectivity index (χ4v) is 3.48. The largest absolute Gasteiger partial charge is 0.480 e. The topological polar surface area (TPSA) is 69.6 Å². The van der Waals surface area contributed by atoms with Crippen molar-refractivity contribution >= 4 is 23.3 Å². The summed E-state index contributed by atoms with van der Waals surface area (Å²) >= 11 is 1.58. The normalized spacial score (nSPS) is 17.2. The second kappa shape index (κ2) is 7.45. The molecule has 1 aliphatic rings. The van der Waals surface area contributed by atoms with Gasteiger partial charge in [-0.3, -0.25) is 0 Å². The summed E-state index contributed by atoms with van der Waals surface area (Å²) in [5, 5.41) is 16.0. The van der Waals surface area contributed by atoms with Gasteiger partial charge in [-0.25, -0.2) is 9.59 Å². The highest BCUT2D eigenvalue weighted by molar-refractivity contribution is 7.07. The van der Waals surface area contributed by atoms with Crippen LogP contribution in [0.1, 0.15) is 37.7 Å². The summed E-state index contributed by atoms with van der Waals surface area (Å²) in [6.45, 7) is 0.492. The van der Waals surface area contributed by atoms with Crippen LogP contribution in [0.15, 0.2) is 16.8 Å². The van der Waals surface area contributed by atoms with Gasteiger partial charge in [0, 0.05) is 13.6 Å². The molecule has 6 heteroatoms. The van der Waals surface area contributed by atoms with Gasteiger partial charge in [-0.1, -0.05) is 19.3 Å². The van der Waals surface area contributed by atoms with Gasteiger partial charge in [-0.15, -0.1) is 0 Å². The van der Waals surface area contributed by atoms with Crippen LogP contribution in [0.2, 0.25) is 0 Å². The lowest BCUT2D eigenvalue weighted by Crippen LogP contribution is -2.50. The van der Waals surface area contributed by atoms with Gasteiger partial charge in [0.25, 0.3) is 0 Å². The number of carbonyl (C=O) groups excluding carboxylic acids is 1. The Balaban J connectivity index is 1.92. The molecule has 2 rings (SSSR count). The van der Waals surface area contributed by atoms with Crippen LogP contribution in [0.5, 0.6) is 0 Å². The van der Waals surface area contributed by atoms with Crippen LogP contribution in [0.25, 0.3) is 0 Å². The third-order valence-electron chi connectivity index (χ3n) is 4.01. The zero-order chi connectivity index (χ0) is 15.2. The number of aliphatic carboxylic acids is 1. The summed E-state index contributed by atoms with van der Waals surface area (Å²) in [4.78, 5) is 25.2. The molecule has 0 aromatic carbocycles. The van der Waals surface area contributed by atoms with Crippen molar-refractivity contribution in [3.63, 3.8) is 0 Å². The van der Waals surface area contributed by atoms with Gasteiger partial charge in [0.1, 0.15) is 6.04 Å². The average Bonchev–Trinajstić information content (AvgIpc) is 2.98. The van der Waals surface area contributed by atoms with E-state index in [0.717, 1.165) is 37.7 Å². The van der Waals surface area contributed by atoms with Crippen LogP contribution in [-0.2, 0) is 11.3 Å². The summed E-state index contributed by atoms with van der Waals surface area (Å²) in [6.07, 6.45) is 5.02. The first kappa shape index (κ1) is 15.8. The average molecular weight is 310 g/mol. The van der Waals surface area contributed by atoms with Crippen LogP contribution in [-0.4, -0.2) is 35.1 Å². The lowest BCUT2D eigenvalue weighted by Gasteiger charge is -2.29. The van der Waals surface area contributed by atoms with E-state index in [-0.39, 0.29) is 11.9 Å². The van der Waals surface area contributed by atoms with Crippen LogP contribution in [0, 0.1) is 5.92 Å². The van der Waals surface area contributed by atoms with E-state index < -0.39 is 12.0 Å². The minimum Gasteiger partial charge on any atom is -0.480 e. The zero-order valence-electron chi connectivity index (χ0n) is 12.2. The summed E-state index contributed by atoms with van der Waals surface area (Å²) in [5.74, 6) is -0.881. The molecule has 5 nitrogen and oxygen atoms in total. The molecule has 2 N–H and O–H groups in total. The van der Waals surface area contributed by atoms with Crippen molar-refractivity contribution in [2.24, 2.45) is 5.92 Å². The number of carboxylic acid groups (broad SMARTS) is 1. The number of carboxylic acids is 1. The highest BCUT2D eigenvalue weighted by Gasteiger charge is 2.31. The molecule has 1 aromatic heterocycles. The lowest BCUT2D eigenvalue weighted by molar-refractivity contribution is -0.141. The summed E-state index contributed by atoms with van der Waals surface area (Å²) < 4.78 is 0. The van der Waals surface area contributed by atoms with Crippen molar-refractivity contribution in [2.45, 2.75) is 44.7 Å². The molecule has 0 spiro atoms. The van der Waals surface area contributed by atoms with Crippen molar-refractivity contribution in [3.05, 3.63) is 22.4 Å². The Labute approximate surface area is 129 Å². The minimum atomic E-state index is -0.931. The monoisotopic (exact) mass is 310 g/mol. The van der Waals surface area contributed by atoms with Crippen molar-refractivity contribution < 1.29 is 14.7 Å². The van der Waals surface area contributed by atoms with Gasteiger partial charge in [-0.2, -0.15) is 11.3 Å². The standard InChI is InChI=1S/C15H22N2O3S/c1-17(9-11-7-8-21-10-11)15(20)16-13(14(18)19)12-5-3-2-4-6-12/h7-8,10,12-13H,2-6,9H2,1H3,(H,16,20)(H,18,19). The van der Waals surface area contributed by atoms with E-state index in [2.05, 4.69) is 5.32 Å². The lowest BCUT2D eigenvalue weighted by atomic mass is 9.84. The number of nitrogens with one attached hydrogen (secondary N) is 1. The molecule has 0 bridgehead atoms. The first-order chi connectivity index (χ1) is 10.1. The molecule has 1 aliphatic carbocycles. The fourth-order valence-electron chi connectivity index (χ4n) is 2.82. The molecule has 1 unspecified atom stereocenters. The SMILES string of the molecule is CN(Cc1ccsc1)C(=O)NC(C(=O)O)C1CCCCC1. The van der Waals surface area contributed by atoms with E-state index >= 15 is 0 Å². The van der Waals surface area contributed by atoms with Crippen LogP contribution in [0.4, 0.5) is 4.79 Å². The molecule has 0 saturated heterocycles. The van der Waals surface area contributed by atoms with E-state index in [4.69, 9.17) is 0 Å². The number of hydrogen-bond acceptors (Lipinski definition) is 3. The molecule has 2 amide bonds. The molecule has 116 valence electrons. The number of urea groups is 1. The quantitative estimate of drug-likeness (QED) is 0.878. The maximum Gasteiger partial charge on any atom is 0.326 e. The summed E-state index contributed by atoms with van der Waals surface area (Å²) in [7, 11) is 1.69. The predicted octanol–water partition coefficient (Wildman–Crippen LogP) is 2.92. The Morgan fingerprint density at radius 1 is 1.43 bits per heavy atom. The van der Waals surface area contributed by atoms with Crippen LogP contribution in [0.3, 0.4) is 0 Å². The third-order valence-corrected chi connectivity index (χ3v) is 4.74. The third kappa shape index (κ3) is 4.46. The van der Waals surface area contributed by atoms with E-state index in [0.29, 0.717) is 6.54 Å². The zero-order valence-corrected chi connectivity index (χ0v) is 13.1. The van der Waals surface area contributed by atoms with Gasteiger partial charge in [-0.05, 0) is 41.1 Å². The first-order valence-corrected chi connectivity index (χ1v) is 8.27. The second-order valence-corrected chi connectivity index (χ2v) is 6.43. The molecule has 21 heavy (non-hydrogen) atoms. The fraction of sp³-hybridized carbons (Fsp3) is 0.600. The summed E-state index contributed by atoms with van der Waals surface area (Å²) in [5.41, 5.74) is 1.06. The Morgan fingerprint density at radius 3 is 2.71 bits per heavy atom. The highest BCUT2D eigenvalue weighted by Crippen LogP contribution is 2.26. The Morgan fingerprint density at radius 2 is 2.14 bits per heavy atom. The first-order valence-electron chi connectivity index (χ1n) is 7.33. The molecule has 1 heterocycles. The number of amides is 2. The molecule has 1 fully saturated rings. The summed E-state index contributed by atoms with van der Waals surface area (Å²) in [6, 6.07) is 0.867. The Hall–Kier alpha value is -1.56. The number of rotatable bonds is 5. The maximum absolute atomic E-state index is 12.2. The molecular formula is C15H22N2O3S. The van der Waals surface area contributed by atoms with E-state index in [9.17, 15) is 14.7 Å². The molecular weight excluding hydrogens is 288 g/mol. The number of thiophene rings is 1. The van der Waals surface area contributed by atoms with Gasteiger partial charge in [0.05, 0.1) is 0 Å². The predicted molar refractivity (Wildman–Crippen MR) is 82.3 cm³/mol. The molecule has 0 aliphatic heterocycles. The van der Waals surface area contributed by atoms with Crippen molar-refractivity contribution in [1.29, 1.82) is 0 Å². The molecule has 1 saturated carbocycles. The van der Waals surface area contributed by atoms with E-state index in [1.807, 2.05) is 16.8 Å². The highest BCUT2D eigenvalue weighted by atomic mass is 32.1. The Bertz CT molecular complexity index is 469. The Kier molecular flexibility index (Phi) is 5.61.